The van der Waals surface area contributed by atoms with Crippen LogP contribution in [-0.2, 0) is 4.79 Å². The molecule has 6 heteroatoms. The van der Waals surface area contributed by atoms with Crippen molar-refractivity contribution in [3.05, 3.63) is 29.8 Å². The van der Waals surface area contributed by atoms with Crippen LogP contribution in [0, 0.1) is 29.4 Å². The van der Waals surface area contributed by atoms with E-state index < -0.39 is 11.6 Å². The molecule has 1 N–H and O–H groups in total. The van der Waals surface area contributed by atoms with Crippen molar-refractivity contribution in [3.8, 4) is 0 Å². The number of carbonyl (C=O) groups excluding carboxylic acids is 1. The number of amides is 1. The second-order valence-corrected chi connectivity index (χ2v) is 8.41. The molecule has 1 aromatic carbocycles. The Morgan fingerprint density at radius 1 is 1.15 bits per heavy atom. The number of nitrogens with zero attached hydrogens (tertiary/aromatic N) is 2. The third-order valence-electron chi connectivity index (χ3n) is 5.70. The van der Waals surface area contributed by atoms with Crippen LogP contribution in [-0.4, -0.2) is 50.1 Å². The highest BCUT2D eigenvalue weighted by Crippen LogP contribution is 2.25. The van der Waals surface area contributed by atoms with Crippen LogP contribution in [0.2, 0.25) is 0 Å². The van der Waals surface area contributed by atoms with Crippen LogP contribution in [0.25, 0.3) is 0 Å². The summed E-state index contributed by atoms with van der Waals surface area (Å²) in [7, 11) is 0. The van der Waals surface area contributed by atoms with E-state index in [0.29, 0.717) is 24.1 Å². The number of carbonyl (C=O) groups is 1. The molecule has 0 unspecified atom stereocenters. The molecule has 27 heavy (non-hydrogen) atoms. The highest BCUT2D eigenvalue weighted by atomic mass is 19.2. The number of rotatable bonds is 6. The third kappa shape index (κ3) is 5.41. The quantitative estimate of drug-likeness (QED) is 0.824. The third-order valence-corrected chi connectivity index (χ3v) is 5.70. The minimum absolute atomic E-state index is 0.122. The van der Waals surface area contributed by atoms with Gasteiger partial charge in [-0.15, -0.1) is 0 Å². The maximum atomic E-state index is 13.4. The summed E-state index contributed by atoms with van der Waals surface area (Å²) in [5.74, 6) is -0.324. The van der Waals surface area contributed by atoms with Gasteiger partial charge in [0.25, 0.3) is 0 Å². The summed E-state index contributed by atoms with van der Waals surface area (Å²) >= 11 is 0. The van der Waals surface area contributed by atoms with Crippen molar-refractivity contribution in [2.24, 2.45) is 17.8 Å². The molecular formula is C21H31F2N3O. The van der Waals surface area contributed by atoms with E-state index in [-0.39, 0.29) is 11.8 Å². The lowest BCUT2D eigenvalue weighted by Crippen LogP contribution is -2.42. The van der Waals surface area contributed by atoms with Crippen LogP contribution in [0.4, 0.5) is 14.5 Å². The summed E-state index contributed by atoms with van der Waals surface area (Å²) in [6, 6.07) is 4.04. The first kappa shape index (κ1) is 20.1. The van der Waals surface area contributed by atoms with Gasteiger partial charge in [0.15, 0.2) is 11.6 Å². The number of nitrogens with one attached hydrogen (secondary N) is 1. The monoisotopic (exact) mass is 379 g/mol. The van der Waals surface area contributed by atoms with Crippen molar-refractivity contribution in [1.29, 1.82) is 0 Å². The van der Waals surface area contributed by atoms with Crippen molar-refractivity contribution >= 4 is 11.6 Å². The fraction of sp³-hybridized carbons (Fsp3) is 0.667. The summed E-state index contributed by atoms with van der Waals surface area (Å²) in [4.78, 5) is 17.0. The molecule has 2 aliphatic heterocycles. The van der Waals surface area contributed by atoms with Gasteiger partial charge in [-0.1, -0.05) is 13.8 Å². The molecule has 2 fully saturated rings. The standard InChI is InChI=1S/C21H31F2N3O/c1-15(2)13-25-8-6-17(7-9-25)21(27)24-12-16-5-10-26(14-16)18-3-4-19(22)20(23)11-18/h3-4,11,15-17H,5-10,12-14H2,1-2H3,(H,24,27)/t16-/m0/s1. The Labute approximate surface area is 160 Å². The van der Waals surface area contributed by atoms with Gasteiger partial charge < -0.3 is 15.1 Å². The second-order valence-electron chi connectivity index (χ2n) is 8.41. The summed E-state index contributed by atoms with van der Waals surface area (Å²) in [5, 5.41) is 3.12. The highest BCUT2D eigenvalue weighted by molar-refractivity contribution is 5.78. The molecule has 0 bridgehead atoms. The molecule has 0 aromatic heterocycles. The van der Waals surface area contributed by atoms with Crippen LogP contribution >= 0.6 is 0 Å². The van der Waals surface area contributed by atoms with Gasteiger partial charge in [0.1, 0.15) is 0 Å². The summed E-state index contributed by atoms with van der Waals surface area (Å²) in [5.41, 5.74) is 0.709. The predicted octanol–water partition coefficient (Wildman–Crippen LogP) is 3.28. The zero-order valence-electron chi connectivity index (χ0n) is 16.4. The van der Waals surface area contributed by atoms with Crippen molar-refractivity contribution < 1.29 is 13.6 Å². The van der Waals surface area contributed by atoms with Crippen LogP contribution in [0.5, 0.6) is 0 Å². The first-order valence-corrected chi connectivity index (χ1v) is 10.1. The van der Waals surface area contributed by atoms with E-state index in [1.54, 1.807) is 6.07 Å². The largest absolute Gasteiger partial charge is 0.371 e. The Morgan fingerprint density at radius 2 is 1.89 bits per heavy atom. The van der Waals surface area contributed by atoms with Crippen LogP contribution < -0.4 is 10.2 Å². The number of halogens is 2. The summed E-state index contributed by atoms with van der Waals surface area (Å²) in [6.45, 7) is 9.79. The van der Waals surface area contributed by atoms with Gasteiger partial charge in [-0.25, -0.2) is 8.78 Å². The number of anilines is 1. The molecule has 4 nitrogen and oxygen atoms in total. The van der Waals surface area contributed by atoms with E-state index in [1.165, 1.54) is 12.1 Å². The van der Waals surface area contributed by atoms with Crippen LogP contribution in [0.1, 0.15) is 33.1 Å². The lowest BCUT2D eigenvalue weighted by Gasteiger charge is -2.32. The van der Waals surface area contributed by atoms with Crippen LogP contribution in [0.3, 0.4) is 0 Å². The van der Waals surface area contributed by atoms with Gasteiger partial charge in [-0.2, -0.15) is 0 Å². The number of hydrogen-bond acceptors (Lipinski definition) is 3. The molecule has 150 valence electrons. The highest BCUT2D eigenvalue weighted by Gasteiger charge is 2.27. The Kier molecular flexibility index (Phi) is 6.68. The molecule has 0 spiro atoms. The van der Waals surface area contributed by atoms with Gasteiger partial charge in [0, 0.05) is 43.9 Å². The maximum absolute atomic E-state index is 13.4. The average molecular weight is 379 g/mol. The number of hydrogen-bond donors (Lipinski definition) is 1. The second kappa shape index (κ2) is 9.00. The average Bonchev–Trinajstić information content (AvgIpc) is 3.11. The topological polar surface area (TPSA) is 35.6 Å². The molecule has 2 heterocycles. The lowest BCUT2D eigenvalue weighted by atomic mass is 9.95. The fourth-order valence-electron chi connectivity index (χ4n) is 4.20. The fourth-order valence-corrected chi connectivity index (χ4v) is 4.20. The molecule has 1 atom stereocenters. The molecule has 3 rings (SSSR count). The Hall–Kier alpha value is -1.69. The summed E-state index contributed by atoms with van der Waals surface area (Å²) < 4.78 is 26.5. The minimum atomic E-state index is -0.818. The summed E-state index contributed by atoms with van der Waals surface area (Å²) in [6.07, 6.45) is 2.82. The maximum Gasteiger partial charge on any atom is 0.223 e. The molecule has 0 radical (unpaired) electrons. The van der Waals surface area contributed by atoms with E-state index in [2.05, 4.69) is 29.0 Å². The molecule has 1 amide bonds. The van der Waals surface area contributed by atoms with Crippen molar-refractivity contribution in [2.75, 3.05) is 44.2 Å². The number of likely N-dealkylation sites (tertiary alicyclic amines) is 1. The number of piperidine rings is 1. The van der Waals surface area contributed by atoms with Gasteiger partial charge in [-0.3, -0.25) is 4.79 Å². The molecule has 2 aliphatic rings. The lowest BCUT2D eigenvalue weighted by molar-refractivity contribution is -0.126. The smallest absolute Gasteiger partial charge is 0.223 e. The first-order valence-electron chi connectivity index (χ1n) is 10.1. The first-order chi connectivity index (χ1) is 12.9. The Morgan fingerprint density at radius 3 is 2.56 bits per heavy atom. The molecule has 1 aromatic rings. The van der Waals surface area contributed by atoms with Crippen molar-refractivity contribution in [2.45, 2.75) is 33.1 Å². The van der Waals surface area contributed by atoms with E-state index in [9.17, 15) is 13.6 Å². The molecule has 2 saturated heterocycles. The van der Waals surface area contributed by atoms with Gasteiger partial charge in [0.2, 0.25) is 5.91 Å². The number of benzene rings is 1. The molecule has 0 saturated carbocycles. The van der Waals surface area contributed by atoms with Crippen LogP contribution in [0.15, 0.2) is 18.2 Å². The normalized spacial score (nSPS) is 21.8. The van der Waals surface area contributed by atoms with E-state index in [4.69, 9.17) is 0 Å². The van der Waals surface area contributed by atoms with Crippen molar-refractivity contribution in [3.63, 3.8) is 0 Å². The zero-order valence-corrected chi connectivity index (χ0v) is 16.4. The zero-order chi connectivity index (χ0) is 19.4. The van der Waals surface area contributed by atoms with E-state index in [1.807, 2.05) is 0 Å². The van der Waals surface area contributed by atoms with Crippen molar-refractivity contribution in [1.82, 2.24) is 10.2 Å². The Bertz CT molecular complexity index is 644. The SMILES string of the molecule is CC(C)CN1CCC(C(=O)NC[C@@H]2CCN(c3ccc(F)c(F)c3)C2)CC1. The molecule has 0 aliphatic carbocycles. The van der Waals surface area contributed by atoms with E-state index >= 15 is 0 Å². The Balaban J connectivity index is 1.40. The van der Waals surface area contributed by atoms with E-state index in [0.717, 1.165) is 52.0 Å². The minimum Gasteiger partial charge on any atom is -0.371 e. The van der Waals surface area contributed by atoms with Gasteiger partial charge >= 0.3 is 0 Å². The van der Waals surface area contributed by atoms with Gasteiger partial charge in [0.05, 0.1) is 0 Å². The van der Waals surface area contributed by atoms with Gasteiger partial charge in [-0.05, 0) is 56.3 Å². The predicted molar refractivity (Wildman–Crippen MR) is 104 cm³/mol. The molecular weight excluding hydrogens is 348 g/mol.